The van der Waals surface area contributed by atoms with Crippen LogP contribution in [0.25, 0.3) is 5.65 Å². The Kier molecular flexibility index (Phi) is 3.64. The van der Waals surface area contributed by atoms with E-state index in [2.05, 4.69) is 15.4 Å². The lowest BCUT2D eigenvalue weighted by Gasteiger charge is -2.21. The number of carbonyl (C=O) groups is 1. The average molecular weight is 274 g/mol. The Bertz CT molecular complexity index is 617. The van der Waals surface area contributed by atoms with Crippen LogP contribution in [0.1, 0.15) is 29.0 Å². The number of nitrogens with one attached hydrogen (secondary N) is 1. The highest BCUT2D eigenvalue weighted by atomic mass is 16.5. The summed E-state index contributed by atoms with van der Waals surface area (Å²) in [6.07, 6.45) is 3.82. The molecular weight excluding hydrogens is 256 g/mol. The Hall–Kier alpha value is -1.95. The summed E-state index contributed by atoms with van der Waals surface area (Å²) >= 11 is 0. The van der Waals surface area contributed by atoms with Gasteiger partial charge < -0.3 is 10.1 Å². The van der Waals surface area contributed by atoms with Crippen LogP contribution >= 0.6 is 0 Å². The minimum atomic E-state index is -0.134. The van der Waals surface area contributed by atoms with Gasteiger partial charge in [-0.1, -0.05) is 0 Å². The van der Waals surface area contributed by atoms with Crippen molar-refractivity contribution in [1.29, 1.82) is 0 Å². The van der Waals surface area contributed by atoms with Crippen molar-refractivity contribution in [3.8, 4) is 0 Å². The van der Waals surface area contributed by atoms with Crippen molar-refractivity contribution in [2.45, 2.75) is 19.8 Å². The van der Waals surface area contributed by atoms with Gasteiger partial charge in [-0.05, 0) is 37.8 Å². The second-order valence-corrected chi connectivity index (χ2v) is 5.17. The molecule has 1 fully saturated rings. The van der Waals surface area contributed by atoms with Gasteiger partial charge in [0.2, 0.25) is 0 Å². The van der Waals surface area contributed by atoms with Crippen molar-refractivity contribution in [3.05, 3.63) is 29.7 Å². The molecular formula is C14H18N4O2. The Labute approximate surface area is 117 Å². The van der Waals surface area contributed by atoms with Crippen LogP contribution < -0.4 is 5.32 Å². The number of rotatable bonds is 3. The van der Waals surface area contributed by atoms with E-state index in [-0.39, 0.29) is 5.91 Å². The molecule has 1 aliphatic heterocycles. The molecule has 2 aromatic rings. The highest BCUT2D eigenvalue weighted by Crippen LogP contribution is 2.13. The molecule has 0 bridgehead atoms. The van der Waals surface area contributed by atoms with E-state index >= 15 is 0 Å². The summed E-state index contributed by atoms with van der Waals surface area (Å²) in [7, 11) is 0. The van der Waals surface area contributed by atoms with Gasteiger partial charge in [0.25, 0.3) is 5.91 Å². The van der Waals surface area contributed by atoms with E-state index < -0.39 is 0 Å². The molecule has 1 amide bonds. The quantitative estimate of drug-likeness (QED) is 0.913. The summed E-state index contributed by atoms with van der Waals surface area (Å²) in [4.78, 5) is 16.4. The summed E-state index contributed by atoms with van der Waals surface area (Å²) in [6.45, 7) is 4.17. The van der Waals surface area contributed by atoms with Gasteiger partial charge in [-0.15, -0.1) is 0 Å². The molecule has 1 N–H and O–H groups in total. The van der Waals surface area contributed by atoms with E-state index in [1.165, 1.54) is 0 Å². The number of carbonyl (C=O) groups excluding carboxylic acids is 1. The Morgan fingerprint density at radius 2 is 2.25 bits per heavy atom. The zero-order chi connectivity index (χ0) is 13.9. The van der Waals surface area contributed by atoms with Gasteiger partial charge in [-0.25, -0.2) is 9.50 Å². The molecule has 3 rings (SSSR count). The van der Waals surface area contributed by atoms with Gasteiger partial charge >= 0.3 is 0 Å². The smallest absolute Gasteiger partial charge is 0.271 e. The van der Waals surface area contributed by atoms with Crippen LogP contribution in [0.2, 0.25) is 0 Å². The molecule has 0 unspecified atom stereocenters. The maximum atomic E-state index is 12.1. The molecule has 1 saturated heterocycles. The topological polar surface area (TPSA) is 68.5 Å². The lowest BCUT2D eigenvalue weighted by Crippen LogP contribution is -2.32. The Balaban J connectivity index is 1.65. The maximum Gasteiger partial charge on any atom is 0.271 e. The third-order valence-electron chi connectivity index (χ3n) is 3.57. The first-order chi connectivity index (χ1) is 9.72. The van der Waals surface area contributed by atoms with Crippen molar-refractivity contribution < 1.29 is 9.53 Å². The van der Waals surface area contributed by atoms with Crippen LogP contribution in [0.5, 0.6) is 0 Å². The third kappa shape index (κ3) is 2.80. The molecule has 0 spiro atoms. The molecule has 0 aliphatic carbocycles. The average Bonchev–Trinajstić information content (AvgIpc) is 2.85. The van der Waals surface area contributed by atoms with E-state index in [4.69, 9.17) is 4.74 Å². The van der Waals surface area contributed by atoms with Gasteiger partial charge in [-0.3, -0.25) is 4.79 Å². The zero-order valence-corrected chi connectivity index (χ0v) is 11.5. The van der Waals surface area contributed by atoms with E-state index in [9.17, 15) is 4.79 Å². The van der Waals surface area contributed by atoms with E-state index in [1.807, 2.05) is 19.2 Å². The number of hydrogen-bond donors (Lipinski definition) is 1. The summed E-state index contributed by atoms with van der Waals surface area (Å²) in [5.74, 6) is 0.372. The molecule has 106 valence electrons. The molecule has 0 radical (unpaired) electrons. The highest BCUT2D eigenvalue weighted by Gasteiger charge is 2.16. The third-order valence-corrected chi connectivity index (χ3v) is 3.57. The van der Waals surface area contributed by atoms with Crippen LogP contribution in [0.4, 0.5) is 0 Å². The van der Waals surface area contributed by atoms with Crippen molar-refractivity contribution in [2.75, 3.05) is 19.8 Å². The second-order valence-electron chi connectivity index (χ2n) is 5.17. The summed E-state index contributed by atoms with van der Waals surface area (Å²) in [5.41, 5.74) is 2.06. The molecule has 0 atom stereocenters. The van der Waals surface area contributed by atoms with Crippen LogP contribution in [0.15, 0.2) is 18.3 Å². The number of aromatic nitrogens is 3. The first-order valence-electron chi connectivity index (χ1n) is 6.91. The number of nitrogens with zero attached hydrogens (tertiary/aromatic N) is 3. The number of imidazole rings is 1. The van der Waals surface area contributed by atoms with Gasteiger partial charge in [0.1, 0.15) is 5.69 Å². The number of fused-ring (bicyclic) bond motifs is 1. The van der Waals surface area contributed by atoms with E-state index in [0.29, 0.717) is 18.2 Å². The Morgan fingerprint density at radius 3 is 3.05 bits per heavy atom. The van der Waals surface area contributed by atoms with Crippen LogP contribution in [0.3, 0.4) is 0 Å². The van der Waals surface area contributed by atoms with E-state index in [1.54, 1.807) is 10.6 Å². The molecule has 6 nitrogen and oxygen atoms in total. The minimum Gasteiger partial charge on any atom is -0.381 e. The number of hydrogen-bond acceptors (Lipinski definition) is 4. The summed E-state index contributed by atoms with van der Waals surface area (Å²) < 4.78 is 6.94. The molecule has 6 heteroatoms. The maximum absolute atomic E-state index is 12.1. The highest BCUT2D eigenvalue weighted by molar-refractivity contribution is 5.92. The first-order valence-corrected chi connectivity index (χ1v) is 6.91. The largest absolute Gasteiger partial charge is 0.381 e. The van der Waals surface area contributed by atoms with Crippen molar-refractivity contribution in [3.63, 3.8) is 0 Å². The minimum absolute atomic E-state index is 0.134. The fourth-order valence-corrected chi connectivity index (χ4v) is 2.40. The van der Waals surface area contributed by atoms with Crippen molar-refractivity contribution in [2.24, 2.45) is 5.92 Å². The number of ether oxygens (including phenoxy) is 1. The van der Waals surface area contributed by atoms with Crippen molar-refractivity contribution >= 4 is 11.6 Å². The second kappa shape index (κ2) is 5.58. The van der Waals surface area contributed by atoms with Crippen LogP contribution in [-0.4, -0.2) is 40.3 Å². The fourth-order valence-electron chi connectivity index (χ4n) is 2.40. The van der Waals surface area contributed by atoms with E-state index in [0.717, 1.165) is 37.4 Å². The lowest BCUT2D eigenvalue weighted by molar-refractivity contribution is 0.0642. The summed E-state index contributed by atoms with van der Waals surface area (Å²) in [5, 5.41) is 7.23. The molecule has 20 heavy (non-hydrogen) atoms. The fraction of sp³-hybridized carbons (Fsp3) is 0.500. The van der Waals surface area contributed by atoms with Gasteiger partial charge in [-0.2, -0.15) is 5.10 Å². The molecule has 3 heterocycles. The van der Waals surface area contributed by atoms with Crippen LogP contribution in [0, 0.1) is 12.8 Å². The predicted molar refractivity (Wildman–Crippen MR) is 73.6 cm³/mol. The monoisotopic (exact) mass is 274 g/mol. The molecule has 0 aromatic carbocycles. The first kappa shape index (κ1) is 13.1. The lowest BCUT2D eigenvalue weighted by atomic mass is 10.0. The van der Waals surface area contributed by atoms with Gasteiger partial charge in [0.15, 0.2) is 5.65 Å². The predicted octanol–water partition coefficient (Wildman–Crippen LogP) is 1.19. The Morgan fingerprint density at radius 1 is 1.45 bits per heavy atom. The zero-order valence-electron chi connectivity index (χ0n) is 11.5. The molecule has 2 aromatic heterocycles. The molecule has 0 saturated carbocycles. The van der Waals surface area contributed by atoms with Crippen LogP contribution in [-0.2, 0) is 4.74 Å². The summed E-state index contributed by atoms with van der Waals surface area (Å²) in [6, 6.07) is 3.52. The molecule has 1 aliphatic rings. The van der Waals surface area contributed by atoms with Crippen molar-refractivity contribution in [1.82, 2.24) is 19.9 Å². The SMILES string of the molecule is Cc1cn2nc(C(=O)NCC3CCOCC3)ccc2n1. The number of amides is 1. The number of aryl methyl sites for hydroxylation is 1. The standard InChI is InChI=1S/C14H18N4O2/c1-10-9-18-13(16-10)3-2-12(17-18)14(19)15-8-11-4-6-20-7-5-11/h2-3,9,11H,4-8H2,1H3,(H,15,19). The van der Waals surface area contributed by atoms with Gasteiger partial charge in [0.05, 0.1) is 11.9 Å². The van der Waals surface area contributed by atoms with Gasteiger partial charge in [0, 0.05) is 19.8 Å². The normalized spacial score (nSPS) is 16.4.